The number of hydrogen-bond acceptors (Lipinski definition) is 6. The lowest BCUT2D eigenvalue weighted by molar-refractivity contribution is 0.417. The topological polar surface area (TPSA) is 74.1 Å². The maximum Gasteiger partial charge on any atom is 0.296 e. The van der Waals surface area contributed by atoms with Crippen molar-refractivity contribution in [2.24, 2.45) is 7.05 Å². The van der Waals surface area contributed by atoms with E-state index in [9.17, 15) is 8.42 Å². The molecule has 0 saturated heterocycles. The fraction of sp³-hybridized carbons (Fsp3) is 0.250. The standard InChI is InChI=1S/C8H8ClN3O3S2/c1-12-7(6-3-5(15-2)4-16-6)10-11-8(12)17(9,13)14/h3-4H,1-2H3. The second-order valence-electron chi connectivity index (χ2n) is 3.15. The summed E-state index contributed by atoms with van der Waals surface area (Å²) in [6.07, 6.45) is 0. The van der Waals surface area contributed by atoms with Gasteiger partial charge < -0.3 is 4.74 Å². The molecule has 2 rings (SSSR count). The molecule has 0 aliphatic carbocycles. The number of rotatable bonds is 3. The average Bonchev–Trinajstić information content (AvgIpc) is 2.82. The fourth-order valence-corrected chi connectivity index (χ4v) is 3.11. The van der Waals surface area contributed by atoms with E-state index in [1.165, 1.54) is 23.0 Å². The van der Waals surface area contributed by atoms with Gasteiger partial charge in [-0.3, -0.25) is 4.57 Å². The molecule has 0 unspecified atom stereocenters. The molecule has 0 aromatic carbocycles. The van der Waals surface area contributed by atoms with E-state index in [0.29, 0.717) is 11.6 Å². The van der Waals surface area contributed by atoms with Crippen molar-refractivity contribution in [1.82, 2.24) is 14.8 Å². The number of halogens is 1. The minimum atomic E-state index is -3.88. The van der Waals surface area contributed by atoms with Crippen LogP contribution >= 0.6 is 22.0 Å². The molecular formula is C8H8ClN3O3S2. The number of thiophene rings is 1. The van der Waals surface area contributed by atoms with Crippen LogP contribution in [0.3, 0.4) is 0 Å². The monoisotopic (exact) mass is 293 g/mol. The Hall–Kier alpha value is -1.12. The van der Waals surface area contributed by atoms with Crippen LogP contribution in [0.4, 0.5) is 0 Å². The molecule has 0 N–H and O–H groups in total. The molecular weight excluding hydrogens is 286 g/mol. The van der Waals surface area contributed by atoms with Crippen molar-refractivity contribution in [2.75, 3.05) is 7.11 Å². The lowest BCUT2D eigenvalue weighted by Gasteiger charge is -1.98. The van der Waals surface area contributed by atoms with Crippen LogP contribution in [0.25, 0.3) is 10.7 Å². The van der Waals surface area contributed by atoms with E-state index >= 15 is 0 Å². The van der Waals surface area contributed by atoms with Crippen LogP contribution in [-0.2, 0) is 16.1 Å². The highest BCUT2D eigenvalue weighted by molar-refractivity contribution is 8.13. The molecule has 17 heavy (non-hydrogen) atoms. The molecule has 0 atom stereocenters. The fourth-order valence-electron chi connectivity index (χ4n) is 1.28. The second-order valence-corrected chi connectivity index (χ2v) is 6.52. The van der Waals surface area contributed by atoms with Crippen molar-refractivity contribution in [3.63, 3.8) is 0 Å². The van der Waals surface area contributed by atoms with Crippen molar-refractivity contribution >= 4 is 31.1 Å². The molecule has 92 valence electrons. The smallest absolute Gasteiger partial charge is 0.296 e. The average molecular weight is 294 g/mol. The molecule has 0 aliphatic rings. The van der Waals surface area contributed by atoms with Crippen LogP contribution in [0.2, 0.25) is 0 Å². The van der Waals surface area contributed by atoms with Crippen molar-refractivity contribution < 1.29 is 13.2 Å². The lowest BCUT2D eigenvalue weighted by atomic mass is 10.4. The van der Waals surface area contributed by atoms with Gasteiger partial charge in [-0.15, -0.1) is 21.5 Å². The number of aromatic nitrogens is 3. The number of hydrogen-bond donors (Lipinski definition) is 0. The summed E-state index contributed by atoms with van der Waals surface area (Å²) >= 11 is 1.38. The van der Waals surface area contributed by atoms with E-state index in [2.05, 4.69) is 10.2 Å². The van der Waals surface area contributed by atoms with Gasteiger partial charge in [-0.2, -0.15) is 0 Å². The van der Waals surface area contributed by atoms with Crippen molar-refractivity contribution in [1.29, 1.82) is 0 Å². The molecule has 2 aromatic heterocycles. The Morgan fingerprint density at radius 3 is 2.65 bits per heavy atom. The minimum absolute atomic E-state index is 0.276. The van der Waals surface area contributed by atoms with Crippen LogP contribution < -0.4 is 4.74 Å². The summed E-state index contributed by atoms with van der Waals surface area (Å²) in [4.78, 5) is 0.753. The van der Waals surface area contributed by atoms with Gasteiger partial charge in [0.25, 0.3) is 14.2 Å². The highest BCUT2D eigenvalue weighted by Gasteiger charge is 2.21. The largest absolute Gasteiger partial charge is 0.496 e. The molecule has 0 saturated carbocycles. The molecule has 2 aromatic rings. The predicted molar refractivity (Wildman–Crippen MR) is 63.9 cm³/mol. The first-order chi connectivity index (χ1) is 7.93. The molecule has 0 bridgehead atoms. The summed E-state index contributed by atoms with van der Waals surface area (Å²) in [6.45, 7) is 0. The summed E-state index contributed by atoms with van der Waals surface area (Å²) in [6, 6.07) is 1.75. The van der Waals surface area contributed by atoms with E-state index in [4.69, 9.17) is 15.4 Å². The molecule has 0 amide bonds. The first-order valence-electron chi connectivity index (χ1n) is 4.40. The zero-order chi connectivity index (χ0) is 12.6. The first-order valence-corrected chi connectivity index (χ1v) is 7.59. The summed E-state index contributed by atoms with van der Waals surface area (Å²) in [5.41, 5.74) is 0. The highest BCUT2D eigenvalue weighted by Crippen LogP contribution is 2.30. The van der Waals surface area contributed by atoms with E-state index in [1.54, 1.807) is 18.6 Å². The first kappa shape index (κ1) is 12.3. The van der Waals surface area contributed by atoms with Gasteiger partial charge in [0.2, 0.25) is 0 Å². The third-order valence-corrected chi connectivity index (χ3v) is 4.19. The second kappa shape index (κ2) is 4.28. The Bertz CT molecular complexity index is 647. The zero-order valence-electron chi connectivity index (χ0n) is 8.92. The van der Waals surface area contributed by atoms with Gasteiger partial charge in [-0.1, -0.05) is 0 Å². The van der Waals surface area contributed by atoms with Gasteiger partial charge in [-0.25, -0.2) is 8.42 Å². The summed E-state index contributed by atoms with van der Waals surface area (Å²) in [5, 5.41) is 8.88. The molecule has 0 radical (unpaired) electrons. The minimum Gasteiger partial charge on any atom is -0.496 e. The van der Waals surface area contributed by atoms with Crippen molar-refractivity contribution in [2.45, 2.75) is 5.16 Å². The SMILES string of the molecule is COc1csc(-c2nnc(S(=O)(=O)Cl)n2C)c1. The Balaban J connectivity index is 2.51. The van der Waals surface area contributed by atoms with Crippen LogP contribution in [-0.4, -0.2) is 30.3 Å². The lowest BCUT2D eigenvalue weighted by Crippen LogP contribution is -2.02. The zero-order valence-corrected chi connectivity index (χ0v) is 11.3. The maximum absolute atomic E-state index is 11.2. The van der Waals surface area contributed by atoms with Crippen LogP contribution in [0.15, 0.2) is 16.6 Å². The summed E-state index contributed by atoms with van der Waals surface area (Å²) < 4.78 is 28.7. The quantitative estimate of drug-likeness (QED) is 0.801. The maximum atomic E-state index is 11.2. The Kier molecular flexibility index (Phi) is 3.11. The molecule has 0 fully saturated rings. The molecule has 6 nitrogen and oxygen atoms in total. The molecule has 2 heterocycles. The van der Waals surface area contributed by atoms with E-state index in [0.717, 1.165) is 4.88 Å². The molecule has 9 heteroatoms. The van der Waals surface area contributed by atoms with Crippen LogP contribution in [0, 0.1) is 0 Å². The predicted octanol–water partition coefficient (Wildman–Crippen LogP) is 1.48. The van der Waals surface area contributed by atoms with Crippen LogP contribution in [0.1, 0.15) is 0 Å². The Morgan fingerprint density at radius 2 is 2.18 bits per heavy atom. The summed E-state index contributed by atoms with van der Waals surface area (Å²) in [7, 11) is 4.43. The summed E-state index contributed by atoms with van der Waals surface area (Å²) in [5.74, 6) is 1.11. The normalized spacial score (nSPS) is 11.7. The van der Waals surface area contributed by atoms with Gasteiger partial charge in [0.05, 0.1) is 12.0 Å². The Labute approximate surface area is 106 Å². The number of methoxy groups -OCH3 is 1. The van der Waals surface area contributed by atoms with E-state index in [-0.39, 0.29) is 5.16 Å². The van der Waals surface area contributed by atoms with E-state index in [1.807, 2.05) is 0 Å². The van der Waals surface area contributed by atoms with Gasteiger partial charge in [0, 0.05) is 29.2 Å². The molecule has 0 aliphatic heterocycles. The van der Waals surface area contributed by atoms with Gasteiger partial charge in [0.1, 0.15) is 5.75 Å². The van der Waals surface area contributed by atoms with Gasteiger partial charge in [-0.05, 0) is 0 Å². The highest BCUT2D eigenvalue weighted by atomic mass is 35.7. The van der Waals surface area contributed by atoms with Crippen LogP contribution in [0.5, 0.6) is 5.75 Å². The third-order valence-electron chi connectivity index (χ3n) is 2.08. The van der Waals surface area contributed by atoms with Crippen molar-refractivity contribution in [3.05, 3.63) is 11.4 Å². The molecule has 0 spiro atoms. The Morgan fingerprint density at radius 1 is 1.47 bits per heavy atom. The van der Waals surface area contributed by atoms with E-state index < -0.39 is 9.05 Å². The number of ether oxygens (including phenoxy) is 1. The van der Waals surface area contributed by atoms with Gasteiger partial charge in [0.15, 0.2) is 5.82 Å². The van der Waals surface area contributed by atoms with Crippen molar-refractivity contribution in [3.8, 4) is 16.5 Å². The third kappa shape index (κ3) is 2.28. The van der Waals surface area contributed by atoms with Gasteiger partial charge >= 0.3 is 0 Å². The number of nitrogens with zero attached hydrogens (tertiary/aromatic N) is 3.